The molecule has 0 aliphatic heterocycles. The van der Waals surface area contributed by atoms with Crippen LogP contribution in [0.15, 0.2) is 22.8 Å². The average molecular weight is 282 g/mol. The van der Waals surface area contributed by atoms with E-state index in [1.54, 1.807) is 29.4 Å². The zero-order chi connectivity index (χ0) is 11.9. The molecule has 0 aliphatic rings. The maximum Gasteiger partial charge on any atom is 0.170 e. The van der Waals surface area contributed by atoms with E-state index in [-0.39, 0.29) is 6.61 Å². The highest BCUT2D eigenvalue weighted by Gasteiger charge is 2.01. The molecule has 0 aliphatic carbocycles. The van der Waals surface area contributed by atoms with E-state index in [1.807, 2.05) is 6.07 Å². The molecule has 0 atom stereocenters. The third kappa shape index (κ3) is 4.13. The minimum Gasteiger partial charge on any atom is -0.395 e. The Morgan fingerprint density at radius 2 is 2.35 bits per heavy atom. The Balaban J connectivity index is 1.88. The Bertz CT molecular complexity index is 510. The van der Waals surface area contributed by atoms with Gasteiger partial charge in [0.1, 0.15) is 6.33 Å². The zero-order valence-corrected chi connectivity index (χ0v) is 11.4. The van der Waals surface area contributed by atoms with Crippen LogP contribution in [-0.4, -0.2) is 21.1 Å². The molecule has 2 aromatic heterocycles. The summed E-state index contributed by atoms with van der Waals surface area (Å²) >= 11 is 4.79. The Labute approximate surface area is 112 Å². The lowest BCUT2D eigenvalue weighted by molar-refractivity contribution is 0.305. The van der Waals surface area contributed by atoms with Gasteiger partial charge >= 0.3 is 0 Å². The minimum atomic E-state index is 0.123. The molecular weight excluding hydrogens is 272 g/mol. The van der Waals surface area contributed by atoms with Gasteiger partial charge < -0.3 is 5.11 Å². The molecule has 1 N–H and O–H groups in total. The SMILES string of the molecule is OCCC#Cc1ccc(CSc2ncns2)s1. The molecule has 0 radical (unpaired) electrons. The van der Waals surface area contributed by atoms with Crippen LogP contribution in [0.25, 0.3) is 0 Å². The number of hydrogen-bond acceptors (Lipinski definition) is 6. The van der Waals surface area contributed by atoms with Crippen molar-refractivity contribution in [1.29, 1.82) is 0 Å². The van der Waals surface area contributed by atoms with E-state index in [2.05, 4.69) is 27.3 Å². The topological polar surface area (TPSA) is 46.0 Å². The highest BCUT2D eigenvalue weighted by molar-refractivity contribution is 8.00. The lowest BCUT2D eigenvalue weighted by Gasteiger charge is -1.91. The van der Waals surface area contributed by atoms with Crippen molar-refractivity contribution in [3.05, 3.63) is 28.2 Å². The minimum absolute atomic E-state index is 0.123. The lowest BCUT2D eigenvalue weighted by Crippen LogP contribution is -1.75. The molecule has 17 heavy (non-hydrogen) atoms. The first-order valence-electron chi connectivity index (χ1n) is 4.96. The maximum absolute atomic E-state index is 8.63. The number of aromatic nitrogens is 2. The number of nitrogens with zero attached hydrogens (tertiary/aromatic N) is 2. The predicted molar refractivity (Wildman–Crippen MR) is 72.4 cm³/mol. The summed E-state index contributed by atoms with van der Waals surface area (Å²) in [6.45, 7) is 0.123. The van der Waals surface area contributed by atoms with Gasteiger partial charge in [0.05, 0.1) is 11.5 Å². The summed E-state index contributed by atoms with van der Waals surface area (Å²) in [5, 5.41) is 8.63. The van der Waals surface area contributed by atoms with Gasteiger partial charge in [-0.15, -0.1) is 11.3 Å². The van der Waals surface area contributed by atoms with E-state index in [4.69, 9.17) is 5.11 Å². The molecule has 0 fully saturated rings. The van der Waals surface area contributed by atoms with Gasteiger partial charge in [0.25, 0.3) is 0 Å². The van der Waals surface area contributed by atoms with E-state index in [9.17, 15) is 0 Å². The summed E-state index contributed by atoms with van der Waals surface area (Å²) < 4.78 is 4.95. The quantitative estimate of drug-likeness (QED) is 0.691. The van der Waals surface area contributed by atoms with Crippen LogP contribution < -0.4 is 0 Å². The van der Waals surface area contributed by atoms with Crippen molar-refractivity contribution in [3.8, 4) is 11.8 Å². The highest BCUT2D eigenvalue weighted by Crippen LogP contribution is 2.26. The molecule has 3 nitrogen and oxygen atoms in total. The van der Waals surface area contributed by atoms with Gasteiger partial charge in [0, 0.05) is 17.1 Å². The first-order valence-corrected chi connectivity index (χ1v) is 7.54. The molecule has 2 heterocycles. The van der Waals surface area contributed by atoms with Crippen molar-refractivity contribution in [3.63, 3.8) is 0 Å². The number of thiophene rings is 1. The van der Waals surface area contributed by atoms with Crippen molar-refractivity contribution in [2.45, 2.75) is 16.5 Å². The van der Waals surface area contributed by atoms with Gasteiger partial charge in [-0.3, -0.25) is 0 Å². The standard InChI is InChI=1S/C11H10N2OS3/c14-6-2-1-3-9-4-5-10(16-9)7-15-11-12-8-13-17-11/h4-5,8,14H,2,6-7H2. The van der Waals surface area contributed by atoms with Gasteiger partial charge in [-0.2, -0.15) is 4.37 Å². The van der Waals surface area contributed by atoms with Gasteiger partial charge in [-0.25, -0.2) is 4.98 Å². The predicted octanol–water partition coefficient (Wildman–Crippen LogP) is 2.63. The van der Waals surface area contributed by atoms with Crippen molar-refractivity contribution >= 4 is 34.6 Å². The molecule has 2 aromatic rings. The Morgan fingerprint density at radius 3 is 3.12 bits per heavy atom. The van der Waals surface area contributed by atoms with Crippen LogP contribution in [-0.2, 0) is 5.75 Å². The van der Waals surface area contributed by atoms with E-state index in [1.165, 1.54) is 16.4 Å². The molecule has 0 spiro atoms. The third-order valence-electron chi connectivity index (χ3n) is 1.79. The summed E-state index contributed by atoms with van der Waals surface area (Å²) in [6.07, 6.45) is 2.11. The molecule has 0 unspecified atom stereocenters. The van der Waals surface area contributed by atoms with Crippen LogP contribution in [0.3, 0.4) is 0 Å². The number of thioether (sulfide) groups is 1. The zero-order valence-electron chi connectivity index (χ0n) is 8.92. The van der Waals surface area contributed by atoms with Crippen LogP contribution in [0, 0.1) is 11.8 Å². The second-order valence-corrected chi connectivity index (χ2v) is 6.21. The second kappa shape index (κ2) is 6.77. The second-order valence-electron chi connectivity index (χ2n) is 3.04. The first kappa shape index (κ1) is 12.6. The fourth-order valence-corrected chi connectivity index (χ4v) is 3.46. The number of rotatable bonds is 4. The van der Waals surface area contributed by atoms with E-state index < -0.39 is 0 Å². The summed E-state index contributed by atoms with van der Waals surface area (Å²) in [5.74, 6) is 6.86. The molecule has 0 amide bonds. The fraction of sp³-hybridized carbons (Fsp3) is 0.273. The van der Waals surface area contributed by atoms with Crippen LogP contribution >= 0.6 is 34.6 Å². The molecule has 0 saturated heterocycles. The molecule has 6 heteroatoms. The summed E-state index contributed by atoms with van der Waals surface area (Å²) in [7, 11) is 0. The third-order valence-corrected chi connectivity index (χ3v) is 4.82. The average Bonchev–Trinajstić information content (AvgIpc) is 2.98. The summed E-state index contributed by atoms with van der Waals surface area (Å²) in [5.41, 5.74) is 0. The maximum atomic E-state index is 8.63. The Morgan fingerprint density at radius 1 is 1.41 bits per heavy atom. The molecular formula is C11H10N2OS3. The van der Waals surface area contributed by atoms with Gasteiger partial charge in [-0.1, -0.05) is 23.6 Å². The van der Waals surface area contributed by atoms with Gasteiger partial charge in [0.15, 0.2) is 4.34 Å². The van der Waals surface area contributed by atoms with Crippen LogP contribution in [0.2, 0.25) is 0 Å². The van der Waals surface area contributed by atoms with Crippen molar-refractivity contribution in [1.82, 2.24) is 9.36 Å². The molecule has 0 aromatic carbocycles. The van der Waals surface area contributed by atoms with Gasteiger partial charge in [0.2, 0.25) is 0 Å². The lowest BCUT2D eigenvalue weighted by atomic mass is 10.4. The van der Waals surface area contributed by atoms with Crippen molar-refractivity contribution in [2.75, 3.05) is 6.61 Å². The number of aliphatic hydroxyl groups excluding tert-OH is 1. The Hall–Kier alpha value is -0.870. The van der Waals surface area contributed by atoms with Crippen LogP contribution in [0.4, 0.5) is 0 Å². The largest absolute Gasteiger partial charge is 0.395 e. The molecule has 88 valence electrons. The molecule has 2 rings (SSSR count). The van der Waals surface area contributed by atoms with Gasteiger partial charge in [-0.05, 0) is 23.7 Å². The highest BCUT2D eigenvalue weighted by atomic mass is 32.2. The number of hydrogen-bond donors (Lipinski definition) is 1. The number of aliphatic hydroxyl groups is 1. The van der Waals surface area contributed by atoms with E-state index in [0.29, 0.717) is 6.42 Å². The normalized spacial score (nSPS) is 9.94. The van der Waals surface area contributed by atoms with E-state index in [0.717, 1.165) is 15.0 Å². The smallest absolute Gasteiger partial charge is 0.170 e. The van der Waals surface area contributed by atoms with Crippen LogP contribution in [0.1, 0.15) is 16.2 Å². The van der Waals surface area contributed by atoms with Crippen LogP contribution in [0.5, 0.6) is 0 Å². The summed E-state index contributed by atoms with van der Waals surface area (Å²) in [6, 6.07) is 4.10. The van der Waals surface area contributed by atoms with Crippen molar-refractivity contribution < 1.29 is 5.11 Å². The molecule has 0 bridgehead atoms. The first-order chi connectivity index (χ1) is 8.38. The van der Waals surface area contributed by atoms with E-state index >= 15 is 0 Å². The van der Waals surface area contributed by atoms with Crippen molar-refractivity contribution in [2.24, 2.45) is 0 Å². The summed E-state index contributed by atoms with van der Waals surface area (Å²) in [4.78, 5) is 6.44. The monoisotopic (exact) mass is 282 g/mol. The Kier molecular flexibility index (Phi) is 5.01. The molecule has 0 saturated carbocycles. The fourth-order valence-electron chi connectivity index (χ4n) is 1.09.